The highest BCUT2D eigenvalue weighted by Gasteiger charge is 2.42. The number of hydrogen-bond donors (Lipinski definition) is 2. The van der Waals surface area contributed by atoms with E-state index in [1.807, 2.05) is 42.5 Å². The first-order valence-corrected chi connectivity index (χ1v) is 9.51. The molecule has 1 unspecified atom stereocenters. The van der Waals surface area contributed by atoms with E-state index >= 15 is 0 Å². The second kappa shape index (κ2) is 7.53. The van der Waals surface area contributed by atoms with E-state index in [1.165, 1.54) is 0 Å². The lowest BCUT2D eigenvalue weighted by atomic mass is 9.91. The lowest BCUT2D eigenvalue weighted by molar-refractivity contribution is 0.0688. The summed E-state index contributed by atoms with van der Waals surface area (Å²) in [5.41, 5.74) is 1.94. The predicted octanol–water partition coefficient (Wildman–Crippen LogP) is 3.03. The van der Waals surface area contributed by atoms with Crippen molar-refractivity contribution < 1.29 is 14.7 Å². The highest BCUT2D eigenvalue weighted by molar-refractivity contribution is 5.94. The average molecular weight is 364 g/mol. The van der Waals surface area contributed by atoms with Gasteiger partial charge < -0.3 is 10.4 Å². The van der Waals surface area contributed by atoms with Gasteiger partial charge in [-0.1, -0.05) is 36.4 Å². The summed E-state index contributed by atoms with van der Waals surface area (Å²) in [5, 5.41) is 12.6. The molecule has 2 bridgehead atoms. The van der Waals surface area contributed by atoms with Crippen LogP contribution in [0.3, 0.4) is 0 Å². The maximum absolute atomic E-state index is 12.5. The lowest BCUT2D eigenvalue weighted by Gasteiger charge is -2.38. The molecule has 27 heavy (non-hydrogen) atoms. The molecule has 2 fully saturated rings. The minimum Gasteiger partial charge on any atom is -0.478 e. The number of amides is 1. The quantitative estimate of drug-likeness (QED) is 0.856. The fourth-order valence-electron chi connectivity index (χ4n) is 4.62. The zero-order chi connectivity index (χ0) is 18.8. The molecule has 1 saturated carbocycles. The summed E-state index contributed by atoms with van der Waals surface area (Å²) in [7, 11) is 0. The van der Waals surface area contributed by atoms with E-state index < -0.39 is 5.97 Å². The van der Waals surface area contributed by atoms with Crippen molar-refractivity contribution in [2.75, 3.05) is 13.1 Å². The number of rotatable bonds is 5. The van der Waals surface area contributed by atoms with E-state index in [-0.39, 0.29) is 11.9 Å². The highest BCUT2D eigenvalue weighted by Crippen LogP contribution is 2.37. The van der Waals surface area contributed by atoms with Crippen LogP contribution < -0.4 is 5.32 Å². The van der Waals surface area contributed by atoms with E-state index in [1.54, 1.807) is 12.1 Å². The zero-order valence-corrected chi connectivity index (χ0v) is 15.2. The minimum absolute atomic E-state index is 0.00201. The maximum Gasteiger partial charge on any atom is 0.336 e. The van der Waals surface area contributed by atoms with Gasteiger partial charge in [0.25, 0.3) is 5.91 Å². The van der Waals surface area contributed by atoms with Crippen molar-refractivity contribution in [2.24, 2.45) is 11.8 Å². The van der Waals surface area contributed by atoms with Crippen molar-refractivity contribution in [3.8, 4) is 0 Å². The number of piperidine rings is 1. The van der Waals surface area contributed by atoms with Gasteiger partial charge in [0.2, 0.25) is 0 Å². The van der Waals surface area contributed by atoms with Gasteiger partial charge in [0.15, 0.2) is 0 Å². The molecule has 2 aromatic carbocycles. The van der Waals surface area contributed by atoms with Crippen LogP contribution in [0.2, 0.25) is 0 Å². The second-order valence-electron chi connectivity index (χ2n) is 7.62. The summed E-state index contributed by atoms with van der Waals surface area (Å²) in [6.45, 7) is 2.43. The Morgan fingerprint density at radius 3 is 2.26 bits per heavy atom. The summed E-state index contributed by atoms with van der Waals surface area (Å²) in [5.74, 6) is -0.0254. The molecule has 3 atom stereocenters. The average Bonchev–Trinajstić information content (AvgIpc) is 2.91. The Labute approximate surface area is 159 Å². The number of fused-ring (bicyclic) bond motifs is 2. The number of carboxylic acids is 1. The number of carboxylic acid groups (broad SMARTS) is 1. The summed E-state index contributed by atoms with van der Waals surface area (Å²) in [6, 6.07) is 16.8. The predicted molar refractivity (Wildman–Crippen MR) is 103 cm³/mol. The molecule has 0 spiro atoms. The first-order chi connectivity index (χ1) is 13.1. The van der Waals surface area contributed by atoms with Crippen molar-refractivity contribution in [1.29, 1.82) is 0 Å². The summed E-state index contributed by atoms with van der Waals surface area (Å²) < 4.78 is 0. The molecule has 140 valence electrons. The van der Waals surface area contributed by atoms with Crippen LogP contribution >= 0.6 is 0 Å². The van der Waals surface area contributed by atoms with Gasteiger partial charge in [0.05, 0.1) is 5.56 Å². The fourth-order valence-corrected chi connectivity index (χ4v) is 4.62. The smallest absolute Gasteiger partial charge is 0.336 e. The van der Waals surface area contributed by atoms with Crippen LogP contribution in [0.1, 0.15) is 39.1 Å². The first kappa shape index (κ1) is 17.7. The van der Waals surface area contributed by atoms with Crippen LogP contribution in [0.5, 0.6) is 0 Å². The first-order valence-electron chi connectivity index (χ1n) is 9.51. The fraction of sp³-hybridized carbons (Fsp3) is 0.364. The Hall–Kier alpha value is -2.66. The monoisotopic (exact) mass is 364 g/mol. The Balaban J connectivity index is 1.42. The topological polar surface area (TPSA) is 69.6 Å². The van der Waals surface area contributed by atoms with Crippen molar-refractivity contribution in [2.45, 2.75) is 25.4 Å². The van der Waals surface area contributed by atoms with E-state index in [2.05, 4.69) is 10.2 Å². The molecule has 2 aliphatic rings. The zero-order valence-electron chi connectivity index (χ0n) is 15.2. The van der Waals surface area contributed by atoms with Gasteiger partial charge >= 0.3 is 5.97 Å². The summed E-state index contributed by atoms with van der Waals surface area (Å²) in [4.78, 5) is 26.3. The van der Waals surface area contributed by atoms with Gasteiger partial charge in [0.1, 0.15) is 0 Å². The van der Waals surface area contributed by atoms with Crippen LogP contribution in [0.4, 0.5) is 0 Å². The molecule has 2 aromatic rings. The number of carbonyl (C=O) groups is 2. The maximum atomic E-state index is 12.5. The SMILES string of the molecule is O=C(NC1[C@@H]2CC[C@H]1CN(Cc1ccccc1C(=O)O)C2)c1ccccc1. The third kappa shape index (κ3) is 3.74. The van der Waals surface area contributed by atoms with Gasteiger partial charge in [-0.15, -0.1) is 0 Å². The van der Waals surface area contributed by atoms with Crippen LogP contribution in [0, 0.1) is 11.8 Å². The van der Waals surface area contributed by atoms with Gasteiger partial charge in [-0.25, -0.2) is 4.79 Å². The molecule has 1 aliphatic heterocycles. The van der Waals surface area contributed by atoms with Crippen LogP contribution in [0.25, 0.3) is 0 Å². The summed E-state index contributed by atoms with van der Waals surface area (Å²) in [6.07, 6.45) is 2.23. The molecule has 0 aromatic heterocycles. The number of nitrogens with zero attached hydrogens (tertiary/aromatic N) is 1. The molecular weight excluding hydrogens is 340 g/mol. The molecule has 1 saturated heterocycles. The molecular formula is C22H24N2O3. The standard InChI is InChI=1S/C22H24N2O3/c25-21(15-6-2-1-3-7-15)23-20-17-10-11-18(20)14-24(13-17)12-16-8-4-5-9-19(16)22(26)27/h1-9,17-18,20H,10-14H2,(H,23,25)(H,26,27)/t17-,18+,20?. The van der Waals surface area contributed by atoms with E-state index in [0.29, 0.717) is 29.5 Å². The van der Waals surface area contributed by atoms with Crippen LogP contribution in [-0.2, 0) is 6.54 Å². The van der Waals surface area contributed by atoms with Crippen LogP contribution in [0.15, 0.2) is 54.6 Å². The van der Waals surface area contributed by atoms with E-state index in [0.717, 1.165) is 31.5 Å². The second-order valence-corrected chi connectivity index (χ2v) is 7.62. The molecule has 1 amide bonds. The van der Waals surface area contributed by atoms with Crippen molar-refractivity contribution in [3.05, 3.63) is 71.3 Å². The number of likely N-dealkylation sites (tertiary alicyclic amines) is 1. The Morgan fingerprint density at radius 1 is 0.963 bits per heavy atom. The minimum atomic E-state index is -0.876. The Kier molecular flexibility index (Phi) is 4.94. The van der Waals surface area contributed by atoms with Crippen molar-refractivity contribution in [1.82, 2.24) is 10.2 Å². The van der Waals surface area contributed by atoms with Gasteiger partial charge in [0, 0.05) is 31.2 Å². The molecule has 5 heteroatoms. The van der Waals surface area contributed by atoms with E-state index in [9.17, 15) is 14.7 Å². The van der Waals surface area contributed by atoms with Gasteiger partial charge in [-0.3, -0.25) is 9.69 Å². The Bertz CT molecular complexity index is 822. The molecule has 5 nitrogen and oxygen atoms in total. The third-order valence-corrected chi connectivity index (χ3v) is 5.88. The number of nitrogens with one attached hydrogen (secondary N) is 1. The molecule has 1 aliphatic carbocycles. The van der Waals surface area contributed by atoms with Crippen molar-refractivity contribution >= 4 is 11.9 Å². The molecule has 4 rings (SSSR count). The number of hydrogen-bond acceptors (Lipinski definition) is 3. The molecule has 0 radical (unpaired) electrons. The number of aromatic carboxylic acids is 1. The normalized spacial score (nSPS) is 24.5. The van der Waals surface area contributed by atoms with Gasteiger partial charge in [-0.05, 0) is 48.4 Å². The lowest BCUT2D eigenvalue weighted by Crippen LogP contribution is -2.52. The largest absolute Gasteiger partial charge is 0.478 e. The molecule has 1 heterocycles. The summed E-state index contributed by atoms with van der Waals surface area (Å²) >= 11 is 0. The van der Waals surface area contributed by atoms with Crippen LogP contribution in [-0.4, -0.2) is 41.0 Å². The van der Waals surface area contributed by atoms with Gasteiger partial charge in [-0.2, -0.15) is 0 Å². The molecule has 2 N–H and O–H groups in total. The number of benzene rings is 2. The highest BCUT2D eigenvalue weighted by atomic mass is 16.4. The third-order valence-electron chi connectivity index (χ3n) is 5.88. The van der Waals surface area contributed by atoms with E-state index in [4.69, 9.17) is 0 Å². The Morgan fingerprint density at radius 2 is 1.59 bits per heavy atom. The van der Waals surface area contributed by atoms with Crippen molar-refractivity contribution in [3.63, 3.8) is 0 Å². The number of carbonyl (C=O) groups excluding carboxylic acids is 1.